The number of aromatic nitrogens is 1. The average Bonchev–Trinajstić information content (AvgIpc) is 2.74. The highest BCUT2D eigenvalue weighted by atomic mass is 32.1. The summed E-state index contributed by atoms with van der Waals surface area (Å²) in [5.74, 6) is -0.873. The van der Waals surface area contributed by atoms with E-state index in [-0.39, 0.29) is 24.4 Å². The third-order valence-electron chi connectivity index (χ3n) is 2.87. The molecule has 1 aromatic rings. The lowest BCUT2D eigenvalue weighted by atomic mass is 10.0. The Kier molecular flexibility index (Phi) is 5.94. The molecule has 0 aliphatic carbocycles. The minimum atomic E-state index is -0.924. The third-order valence-corrected chi connectivity index (χ3v) is 3.97. The van der Waals surface area contributed by atoms with Gasteiger partial charge in [0.2, 0.25) is 0 Å². The number of carboxylic acid groups (broad SMARTS) is 1. The van der Waals surface area contributed by atoms with E-state index in [0.717, 1.165) is 9.88 Å². The molecule has 0 spiro atoms. The number of nitrogens with zero attached hydrogens (tertiary/aromatic N) is 1. The molecule has 0 bridgehead atoms. The Morgan fingerprint density at radius 1 is 1.35 bits per heavy atom. The Morgan fingerprint density at radius 3 is 2.45 bits per heavy atom. The number of carbonyl (C=O) groups is 2. The second-order valence-corrected chi connectivity index (χ2v) is 6.36. The van der Waals surface area contributed by atoms with E-state index in [2.05, 4.69) is 15.6 Å². The van der Waals surface area contributed by atoms with E-state index < -0.39 is 12.0 Å². The number of urea groups is 1. The van der Waals surface area contributed by atoms with Gasteiger partial charge in [-0.25, -0.2) is 9.78 Å². The number of amides is 2. The standard InChI is InChI=1S/C13H21N3O3S/c1-7(2)10(5-11(17)18)16-13(19)15-9(4)12-14-6-8(3)20-12/h6-7,9-10H,5H2,1-4H3,(H,17,18)(H2,15,16,19). The number of nitrogens with one attached hydrogen (secondary N) is 2. The number of carboxylic acids is 1. The van der Waals surface area contributed by atoms with E-state index in [1.807, 2.05) is 27.7 Å². The second kappa shape index (κ2) is 7.23. The highest BCUT2D eigenvalue weighted by Crippen LogP contribution is 2.18. The first-order valence-corrected chi connectivity index (χ1v) is 7.32. The maximum absolute atomic E-state index is 11.9. The second-order valence-electron chi connectivity index (χ2n) is 5.10. The lowest BCUT2D eigenvalue weighted by Gasteiger charge is -2.22. The summed E-state index contributed by atoms with van der Waals surface area (Å²) in [7, 11) is 0. The quantitative estimate of drug-likeness (QED) is 0.751. The van der Waals surface area contributed by atoms with Crippen molar-refractivity contribution in [2.45, 2.75) is 46.2 Å². The van der Waals surface area contributed by atoms with E-state index in [1.54, 1.807) is 6.20 Å². The molecule has 6 nitrogen and oxygen atoms in total. The zero-order valence-corrected chi connectivity index (χ0v) is 13.0. The molecule has 0 radical (unpaired) electrons. The van der Waals surface area contributed by atoms with Gasteiger partial charge in [0, 0.05) is 17.1 Å². The van der Waals surface area contributed by atoms with Gasteiger partial charge in [-0.1, -0.05) is 13.8 Å². The Hall–Kier alpha value is -1.63. The largest absolute Gasteiger partial charge is 0.481 e. The van der Waals surface area contributed by atoms with Gasteiger partial charge in [-0.3, -0.25) is 4.79 Å². The van der Waals surface area contributed by atoms with Gasteiger partial charge in [-0.2, -0.15) is 0 Å². The van der Waals surface area contributed by atoms with E-state index in [0.29, 0.717) is 0 Å². The van der Waals surface area contributed by atoms with Crippen molar-refractivity contribution < 1.29 is 14.7 Å². The van der Waals surface area contributed by atoms with Gasteiger partial charge >= 0.3 is 12.0 Å². The normalized spacial score (nSPS) is 13.8. The molecule has 0 saturated heterocycles. The zero-order chi connectivity index (χ0) is 15.3. The fraction of sp³-hybridized carbons (Fsp3) is 0.615. The Bertz CT molecular complexity index is 473. The highest BCUT2D eigenvalue weighted by Gasteiger charge is 2.20. The summed E-state index contributed by atoms with van der Waals surface area (Å²) in [4.78, 5) is 28.0. The van der Waals surface area contributed by atoms with Crippen LogP contribution in [0.5, 0.6) is 0 Å². The van der Waals surface area contributed by atoms with Crippen LogP contribution in [-0.2, 0) is 4.79 Å². The Morgan fingerprint density at radius 2 is 2.00 bits per heavy atom. The molecule has 0 saturated carbocycles. The van der Waals surface area contributed by atoms with Gasteiger partial charge in [-0.05, 0) is 19.8 Å². The molecule has 2 atom stereocenters. The van der Waals surface area contributed by atoms with Crippen molar-refractivity contribution in [2.24, 2.45) is 5.92 Å². The molecule has 1 heterocycles. The number of hydrogen-bond acceptors (Lipinski definition) is 4. The van der Waals surface area contributed by atoms with Gasteiger partial charge in [0.1, 0.15) is 5.01 Å². The summed E-state index contributed by atoms with van der Waals surface area (Å²) in [6, 6.07) is -0.964. The Labute approximate surface area is 122 Å². The summed E-state index contributed by atoms with van der Waals surface area (Å²) in [6.07, 6.45) is 1.67. The predicted octanol–water partition coefficient (Wildman–Crippen LogP) is 2.31. The molecule has 3 N–H and O–H groups in total. The van der Waals surface area contributed by atoms with E-state index in [4.69, 9.17) is 5.11 Å². The molecule has 112 valence electrons. The molecule has 7 heteroatoms. The summed E-state index contributed by atoms with van der Waals surface area (Å²) in [5.41, 5.74) is 0. The molecule has 2 amide bonds. The van der Waals surface area contributed by atoms with E-state index in [1.165, 1.54) is 11.3 Å². The van der Waals surface area contributed by atoms with Crippen molar-refractivity contribution in [3.05, 3.63) is 16.1 Å². The topological polar surface area (TPSA) is 91.3 Å². The first-order chi connectivity index (χ1) is 9.29. The minimum Gasteiger partial charge on any atom is -0.481 e. The molecule has 0 aromatic carbocycles. The summed E-state index contributed by atoms with van der Waals surface area (Å²) < 4.78 is 0. The molecule has 1 rings (SSSR count). The van der Waals surface area contributed by atoms with Crippen LogP contribution in [0.25, 0.3) is 0 Å². The monoisotopic (exact) mass is 299 g/mol. The zero-order valence-electron chi connectivity index (χ0n) is 12.1. The maximum Gasteiger partial charge on any atom is 0.315 e. The van der Waals surface area contributed by atoms with Gasteiger partial charge in [0.25, 0.3) is 0 Å². The van der Waals surface area contributed by atoms with Crippen LogP contribution in [0.15, 0.2) is 6.20 Å². The van der Waals surface area contributed by atoms with Crippen LogP contribution in [0.3, 0.4) is 0 Å². The molecular weight excluding hydrogens is 278 g/mol. The summed E-state index contributed by atoms with van der Waals surface area (Å²) in [5, 5.41) is 15.1. The van der Waals surface area contributed by atoms with Crippen LogP contribution < -0.4 is 10.6 Å². The predicted molar refractivity (Wildman–Crippen MR) is 77.8 cm³/mol. The molecular formula is C13H21N3O3S. The van der Waals surface area contributed by atoms with E-state index >= 15 is 0 Å². The van der Waals surface area contributed by atoms with Gasteiger partial charge < -0.3 is 15.7 Å². The van der Waals surface area contributed by atoms with Gasteiger partial charge in [-0.15, -0.1) is 11.3 Å². The highest BCUT2D eigenvalue weighted by molar-refractivity contribution is 7.11. The molecule has 2 unspecified atom stereocenters. The minimum absolute atomic E-state index is 0.0502. The number of aliphatic carboxylic acids is 1. The maximum atomic E-state index is 11.9. The van der Waals surface area contributed by atoms with Crippen LogP contribution in [0.1, 0.15) is 43.1 Å². The van der Waals surface area contributed by atoms with Crippen molar-refractivity contribution in [3.8, 4) is 0 Å². The van der Waals surface area contributed by atoms with Crippen molar-refractivity contribution in [2.75, 3.05) is 0 Å². The summed E-state index contributed by atoms with van der Waals surface area (Å²) in [6.45, 7) is 7.55. The first kappa shape index (κ1) is 16.4. The number of carbonyl (C=O) groups excluding carboxylic acids is 1. The van der Waals surface area contributed by atoms with Crippen LogP contribution in [0.2, 0.25) is 0 Å². The fourth-order valence-corrected chi connectivity index (χ4v) is 2.46. The third kappa shape index (κ3) is 5.16. The van der Waals surface area contributed by atoms with Crippen molar-refractivity contribution in [1.82, 2.24) is 15.6 Å². The number of aryl methyl sites for hydroxylation is 1. The average molecular weight is 299 g/mol. The van der Waals surface area contributed by atoms with Crippen LogP contribution in [0.4, 0.5) is 4.79 Å². The fourth-order valence-electron chi connectivity index (χ4n) is 1.68. The molecule has 20 heavy (non-hydrogen) atoms. The molecule has 0 aliphatic heterocycles. The lowest BCUT2D eigenvalue weighted by Crippen LogP contribution is -2.46. The molecule has 1 aromatic heterocycles. The number of hydrogen-bond donors (Lipinski definition) is 3. The molecule has 0 fully saturated rings. The first-order valence-electron chi connectivity index (χ1n) is 6.50. The number of rotatable bonds is 6. The number of thiazole rings is 1. The van der Waals surface area contributed by atoms with Crippen LogP contribution >= 0.6 is 11.3 Å². The van der Waals surface area contributed by atoms with E-state index in [9.17, 15) is 9.59 Å². The SMILES string of the molecule is Cc1cnc(C(C)NC(=O)NC(CC(=O)O)C(C)C)s1. The van der Waals surface area contributed by atoms with Crippen molar-refractivity contribution in [3.63, 3.8) is 0 Å². The Balaban J connectivity index is 2.55. The smallest absolute Gasteiger partial charge is 0.315 e. The van der Waals surface area contributed by atoms with Crippen LogP contribution in [-0.4, -0.2) is 28.1 Å². The lowest BCUT2D eigenvalue weighted by molar-refractivity contribution is -0.137. The molecule has 0 aliphatic rings. The van der Waals surface area contributed by atoms with Crippen molar-refractivity contribution in [1.29, 1.82) is 0 Å². The summed E-state index contributed by atoms with van der Waals surface area (Å²) >= 11 is 1.53. The van der Waals surface area contributed by atoms with Gasteiger partial charge in [0.15, 0.2) is 0 Å². The van der Waals surface area contributed by atoms with Crippen molar-refractivity contribution >= 4 is 23.3 Å². The van der Waals surface area contributed by atoms with Crippen LogP contribution in [0, 0.1) is 12.8 Å². The van der Waals surface area contributed by atoms with Gasteiger partial charge in [0.05, 0.1) is 12.5 Å².